The predicted molar refractivity (Wildman–Crippen MR) is 145 cm³/mol. The smallest absolute Gasteiger partial charge is 0.326 e. The summed E-state index contributed by atoms with van der Waals surface area (Å²) in [5.74, 6) is -5.55. The van der Waals surface area contributed by atoms with Gasteiger partial charge in [-0.25, -0.2) is 4.79 Å². The van der Waals surface area contributed by atoms with E-state index in [-0.39, 0.29) is 32.1 Å². The molecule has 5 amide bonds. The van der Waals surface area contributed by atoms with Gasteiger partial charge in [0.2, 0.25) is 29.5 Å². The molecule has 0 aliphatic heterocycles. The highest BCUT2D eigenvalue weighted by Crippen LogP contribution is 2.19. The zero-order valence-electron chi connectivity index (χ0n) is 22.4. The number of hydrogen-bond acceptors (Lipinski definition) is 7. The van der Waals surface area contributed by atoms with Gasteiger partial charge in [-0.1, -0.05) is 32.0 Å². The summed E-state index contributed by atoms with van der Waals surface area (Å²) < 4.78 is 0. The van der Waals surface area contributed by atoms with Crippen LogP contribution in [0, 0.1) is 5.92 Å². The van der Waals surface area contributed by atoms with E-state index in [4.69, 9.17) is 17.2 Å². The minimum atomic E-state index is -1.41. The molecular formula is C26H37N7O7. The van der Waals surface area contributed by atoms with E-state index >= 15 is 0 Å². The number of carbonyl (C=O) groups is 6. The molecule has 2 rings (SSSR count). The highest BCUT2D eigenvalue weighted by molar-refractivity contribution is 5.95. The lowest BCUT2D eigenvalue weighted by molar-refractivity contribution is -0.143. The van der Waals surface area contributed by atoms with Crippen molar-refractivity contribution in [2.75, 3.05) is 0 Å². The standard InChI is InChI=1S/C26H37N7O7/c1-13(2)22(25(38)32-19(26(39)40)8-10-21(29)35)33-24(37)18(7-9-20(28)34)31-23(36)16(27)11-14-12-30-17-6-4-3-5-15(14)17/h3-6,12-13,16,18-19,22,30H,7-11,27H2,1-2H3,(H2,28,34)(H2,29,35)(H,31,36)(H,32,38)(H,33,37)(H,39,40). The highest BCUT2D eigenvalue weighted by Gasteiger charge is 2.32. The number of hydrogen-bond donors (Lipinski definition) is 8. The molecule has 40 heavy (non-hydrogen) atoms. The molecule has 11 N–H and O–H groups in total. The number of carbonyl (C=O) groups excluding carboxylic acids is 5. The van der Waals surface area contributed by atoms with Gasteiger partial charge in [-0.05, 0) is 36.8 Å². The maximum Gasteiger partial charge on any atom is 0.326 e. The van der Waals surface area contributed by atoms with Crippen molar-refractivity contribution >= 4 is 46.4 Å². The second-order valence-electron chi connectivity index (χ2n) is 9.87. The van der Waals surface area contributed by atoms with Crippen LogP contribution in [0.15, 0.2) is 30.5 Å². The normalized spacial score (nSPS) is 14.1. The molecule has 1 aromatic carbocycles. The Morgan fingerprint density at radius 3 is 2.00 bits per heavy atom. The van der Waals surface area contributed by atoms with E-state index in [1.807, 2.05) is 24.3 Å². The number of nitrogens with two attached hydrogens (primary N) is 3. The van der Waals surface area contributed by atoms with Crippen LogP contribution in [0.5, 0.6) is 0 Å². The Morgan fingerprint density at radius 1 is 0.850 bits per heavy atom. The van der Waals surface area contributed by atoms with Crippen LogP contribution < -0.4 is 33.2 Å². The Bertz CT molecular complexity index is 1240. The fourth-order valence-electron chi connectivity index (χ4n) is 4.06. The first-order valence-electron chi connectivity index (χ1n) is 12.8. The largest absolute Gasteiger partial charge is 0.480 e. The van der Waals surface area contributed by atoms with Crippen molar-refractivity contribution in [3.05, 3.63) is 36.0 Å². The van der Waals surface area contributed by atoms with Crippen molar-refractivity contribution in [1.82, 2.24) is 20.9 Å². The van der Waals surface area contributed by atoms with E-state index < -0.39 is 65.6 Å². The summed E-state index contributed by atoms with van der Waals surface area (Å²) in [7, 11) is 0. The molecule has 1 aromatic heterocycles. The summed E-state index contributed by atoms with van der Waals surface area (Å²) >= 11 is 0. The number of fused-ring (bicyclic) bond motifs is 1. The van der Waals surface area contributed by atoms with Gasteiger partial charge in [0.1, 0.15) is 18.1 Å². The molecule has 0 bridgehead atoms. The number of amides is 5. The molecule has 0 aliphatic rings. The summed E-state index contributed by atoms with van der Waals surface area (Å²) in [4.78, 5) is 76.1. The number of nitrogens with one attached hydrogen (secondary N) is 4. The zero-order valence-corrected chi connectivity index (χ0v) is 22.4. The van der Waals surface area contributed by atoms with Crippen molar-refractivity contribution in [3.8, 4) is 0 Å². The number of carboxylic acid groups (broad SMARTS) is 1. The number of primary amides is 2. The van der Waals surface area contributed by atoms with Crippen LogP contribution in [0.4, 0.5) is 0 Å². The van der Waals surface area contributed by atoms with Gasteiger partial charge < -0.3 is 43.2 Å². The second-order valence-corrected chi connectivity index (χ2v) is 9.87. The van der Waals surface area contributed by atoms with Gasteiger partial charge in [-0.2, -0.15) is 0 Å². The third-order valence-corrected chi connectivity index (χ3v) is 6.30. The molecule has 1 heterocycles. The van der Waals surface area contributed by atoms with Gasteiger partial charge in [0, 0.05) is 29.9 Å². The van der Waals surface area contributed by atoms with E-state index in [1.54, 1.807) is 20.0 Å². The van der Waals surface area contributed by atoms with Crippen LogP contribution in [-0.4, -0.2) is 69.8 Å². The Labute approximate surface area is 230 Å². The first kappa shape index (κ1) is 31.8. The minimum Gasteiger partial charge on any atom is -0.480 e. The summed E-state index contributed by atoms with van der Waals surface area (Å²) in [5.41, 5.74) is 18.1. The molecule has 0 fully saturated rings. The van der Waals surface area contributed by atoms with Crippen LogP contribution in [0.2, 0.25) is 0 Å². The lowest BCUT2D eigenvalue weighted by atomic mass is 10.0. The fraction of sp³-hybridized carbons (Fsp3) is 0.462. The third kappa shape index (κ3) is 9.38. The Balaban J connectivity index is 2.13. The van der Waals surface area contributed by atoms with Crippen molar-refractivity contribution in [2.45, 2.75) is 70.1 Å². The average molecular weight is 560 g/mol. The summed E-state index contributed by atoms with van der Waals surface area (Å²) in [5, 5.41) is 17.6. The van der Waals surface area contributed by atoms with Crippen molar-refractivity contribution in [3.63, 3.8) is 0 Å². The molecule has 14 heteroatoms. The third-order valence-electron chi connectivity index (χ3n) is 6.30. The van der Waals surface area contributed by atoms with E-state index in [1.165, 1.54) is 0 Å². The van der Waals surface area contributed by atoms with E-state index in [0.717, 1.165) is 16.5 Å². The average Bonchev–Trinajstić information content (AvgIpc) is 3.29. The summed E-state index contributed by atoms with van der Waals surface area (Å²) in [6.07, 6.45) is 1.02. The maximum absolute atomic E-state index is 13.2. The van der Waals surface area contributed by atoms with Crippen LogP contribution in [0.1, 0.15) is 45.1 Å². The lowest BCUT2D eigenvalue weighted by Gasteiger charge is -2.27. The first-order valence-corrected chi connectivity index (χ1v) is 12.8. The van der Waals surface area contributed by atoms with Crippen molar-refractivity contribution in [1.29, 1.82) is 0 Å². The quantitative estimate of drug-likeness (QED) is 0.123. The van der Waals surface area contributed by atoms with Crippen molar-refractivity contribution in [2.24, 2.45) is 23.1 Å². The minimum absolute atomic E-state index is 0.157. The van der Waals surface area contributed by atoms with Gasteiger partial charge >= 0.3 is 5.97 Å². The Hall–Kier alpha value is -4.46. The van der Waals surface area contributed by atoms with E-state index in [2.05, 4.69) is 20.9 Å². The van der Waals surface area contributed by atoms with Gasteiger partial charge in [0.05, 0.1) is 6.04 Å². The number of para-hydroxylation sites is 1. The topological polar surface area (TPSA) is 253 Å². The number of benzene rings is 1. The van der Waals surface area contributed by atoms with Gasteiger partial charge in [0.25, 0.3) is 0 Å². The van der Waals surface area contributed by atoms with Gasteiger partial charge in [-0.15, -0.1) is 0 Å². The van der Waals surface area contributed by atoms with Crippen LogP contribution in [0.3, 0.4) is 0 Å². The number of H-pyrrole nitrogens is 1. The lowest BCUT2D eigenvalue weighted by Crippen LogP contribution is -2.58. The number of aromatic amines is 1. The van der Waals surface area contributed by atoms with Crippen LogP contribution in [0.25, 0.3) is 10.9 Å². The van der Waals surface area contributed by atoms with Crippen molar-refractivity contribution < 1.29 is 33.9 Å². The maximum atomic E-state index is 13.2. The Morgan fingerprint density at radius 2 is 1.43 bits per heavy atom. The SMILES string of the molecule is CC(C)C(NC(=O)C(CCC(N)=O)NC(=O)C(N)Cc1c[nH]c2ccccc12)C(=O)NC(CCC(N)=O)C(=O)O. The molecule has 4 atom stereocenters. The molecule has 14 nitrogen and oxygen atoms in total. The second kappa shape index (κ2) is 14.6. The molecule has 0 spiro atoms. The molecule has 218 valence electrons. The molecule has 2 aromatic rings. The van der Waals surface area contributed by atoms with Crippen LogP contribution in [-0.2, 0) is 35.2 Å². The number of rotatable bonds is 16. The fourth-order valence-corrected chi connectivity index (χ4v) is 4.06. The zero-order chi connectivity index (χ0) is 30.0. The Kier molecular flexibility index (Phi) is 11.6. The molecule has 0 saturated heterocycles. The molecule has 0 aliphatic carbocycles. The van der Waals surface area contributed by atoms with E-state index in [9.17, 15) is 33.9 Å². The van der Waals surface area contributed by atoms with Crippen LogP contribution >= 0.6 is 0 Å². The highest BCUT2D eigenvalue weighted by atomic mass is 16.4. The molecule has 0 saturated carbocycles. The number of carboxylic acids is 1. The molecule has 0 radical (unpaired) electrons. The molecule has 4 unspecified atom stereocenters. The van der Waals surface area contributed by atoms with Gasteiger partial charge in [0.15, 0.2) is 0 Å². The predicted octanol–water partition coefficient (Wildman–Crippen LogP) is -1.24. The summed E-state index contributed by atoms with van der Waals surface area (Å²) in [6.45, 7) is 3.25. The monoisotopic (exact) mass is 559 g/mol. The summed E-state index contributed by atoms with van der Waals surface area (Å²) in [6, 6.07) is 2.59. The molecular weight excluding hydrogens is 522 g/mol. The number of aliphatic carboxylic acids is 1. The first-order chi connectivity index (χ1) is 18.8. The number of aromatic nitrogens is 1. The van der Waals surface area contributed by atoms with E-state index in [0.29, 0.717) is 0 Å². The van der Waals surface area contributed by atoms with Gasteiger partial charge in [-0.3, -0.25) is 24.0 Å².